The zero-order valence-electron chi connectivity index (χ0n) is 17.2. The molecule has 0 saturated heterocycles. The molecule has 2 heterocycles. The Hall–Kier alpha value is -3.23. The standard InChI is InChI=1S/C26H20AsFN3/c1-17-30-16-25(31(17)2)19-5-3-6-20(15-19)27-26-24-8-4-7-22(23(24)13-14-29-26)18-9-11-21(28)12-10-18/h3-16H,1-2H3. The third kappa shape index (κ3) is 3.80. The zero-order valence-corrected chi connectivity index (χ0v) is 19.1. The van der Waals surface area contributed by atoms with Crippen molar-refractivity contribution in [2.75, 3.05) is 0 Å². The number of benzene rings is 3. The van der Waals surface area contributed by atoms with E-state index in [2.05, 4.69) is 52.0 Å². The second-order valence-corrected chi connectivity index (χ2v) is 9.90. The van der Waals surface area contributed by atoms with E-state index in [1.54, 1.807) is 0 Å². The number of imidazole rings is 1. The van der Waals surface area contributed by atoms with E-state index >= 15 is 0 Å². The molecule has 0 fully saturated rings. The molecule has 0 spiro atoms. The summed E-state index contributed by atoms with van der Waals surface area (Å²) in [5, 5.41) is 2.30. The number of pyridine rings is 1. The molecule has 0 saturated carbocycles. The summed E-state index contributed by atoms with van der Waals surface area (Å²) in [5.74, 6) is 0.776. The third-order valence-corrected chi connectivity index (χ3v) is 7.86. The van der Waals surface area contributed by atoms with Gasteiger partial charge in [-0.15, -0.1) is 0 Å². The first-order chi connectivity index (χ1) is 15.1. The molecule has 5 heteroatoms. The minimum atomic E-state index is -0.296. The Morgan fingerprint density at radius 3 is 2.42 bits per heavy atom. The Morgan fingerprint density at radius 1 is 0.839 bits per heavy atom. The summed E-state index contributed by atoms with van der Waals surface area (Å²) in [6, 6.07) is 23.7. The molecule has 0 amide bonds. The number of hydrogen-bond acceptors (Lipinski definition) is 2. The topological polar surface area (TPSA) is 30.7 Å². The first kappa shape index (κ1) is 19.7. The van der Waals surface area contributed by atoms with E-state index in [0.29, 0.717) is 0 Å². The summed E-state index contributed by atoms with van der Waals surface area (Å²) in [6.07, 6.45) is 3.81. The average molecular weight is 468 g/mol. The molecule has 3 nitrogen and oxygen atoms in total. The average Bonchev–Trinajstić information content (AvgIpc) is 3.13. The van der Waals surface area contributed by atoms with E-state index in [1.807, 2.05) is 44.6 Å². The molecule has 0 atom stereocenters. The maximum absolute atomic E-state index is 13.4. The Morgan fingerprint density at radius 2 is 1.65 bits per heavy atom. The van der Waals surface area contributed by atoms with Crippen LogP contribution in [0.15, 0.2) is 85.2 Å². The van der Waals surface area contributed by atoms with E-state index in [9.17, 15) is 4.39 Å². The van der Waals surface area contributed by atoms with E-state index in [0.717, 1.165) is 37.9 Å². The van der Waals surface area contributed by atoms with Gasteiger partial charge in [0.1, 0.15) is 0 Å². The van der Waals surface area contributed by atoms with Crippen LogP contribution in [0.3, 0.4) is 0 Å². The molecule has 0 N–H and O–H groups in total. The van der Waals surface area contributed by atoms with Gasteiger partial charge in [-0.3, -0.25) is 0 Å². The van der Waals surface area contributed by atoms with Crippen LogP contribution in [0.25, 0.3) is 33.2 Å². The van der Waals surface area contributed by atoms with Crippen LogP contribution in [0.1, 0.15) is 5.82 Å². The van der Waals surface area contributed by atoms with Gasteiger partial charge < -0.3 is 0 Å². The Bertz CT molecular complexity index is 1390. The van der Waals surface area contributed by atoms with Gasteiger partial charge in [-0.25, -0.2) is 0 Å². The van der Waals surface area contributed by atoms with Gasteiger partial charge in [0.15, 0.2) is 0 Å². The first-order valence-electron chi connectivity index (χ1n) is 10.0. The summed E-state index contributed by atoms with van der Waals surface area (Å²) in [5.41, 5.74) is 4.39. The number of aromatic nitrogens is 3. The summed E-state index contributed by atoms with van der Waals surface area (Å²) >= 11 is -0.296. The van der Waals surface area contributed by atoms with Gasteiger partial charge in [0.2, 0.25) is 0 Å². The fourth-order valence-corrected chi connectivity index (χ4v) is 5.99. The molecule has 0 aliphatic carbocycles. The van der Waals surface area contributed by atoms with Crippen molar-refractivity contribution in [2.24, 2.45) is 7.05 Å². The second-order valence-electron chi connectivity index (χ2n) is 7.45. The number of rotatable bonds is 4. The van der Waals surface area contributed by atoms with Crippen molar-refractivity contribution in [2.45, 2.75) is 6.92 Å². The number of halogens is 1. The predicted octanol–water partition coefficient (Wildman–Crippen LogP) is 4.40. The van der Waals surface area contributed by atoms with Gasteiger partial charge >= 0.3 is 187 Å². The van der Waals surface area contributed by atoms with Gasteiger partial charge in [0.05, 0.1) is 0 Å². The van der Waals surface area contributed by atoms with Crippen molar-refractivity contribution in [3.8, 4) is 22.4 Å². The number of nitrogens with zero attached hydrogens (tertiary/aromatic N) is 3. The van der Waals surface area contributed by atoms with Crippen LogP contribution >= 0.6 is 0 Å². The molecule has 0 aliphatic rings. The Kier molecular flexibility index (Phi) is 5.17. The monoisotopic (exact) mass is 468 g/mol. The van der Waals surface area contributed by atoms with Crippen molar-refractivity contribution in [3.63, 3.8) is 0 Å². The predicted molar refractivity (Wildman–Crippen MR) is 126 cm³/mol. The van der Waals surface area contributed by atoms with Crippen LogP contribution in [0.2, 0.25) is 0 Å². The maximum atomic E-state index is 13.4. The molecule has 2 aromatic heterocycles. The van der Waals surface area contributed by atoms with Crippen LogP contribution < -0.4 is 8.83 Å². The van der Waals surface area contributed by atoms with Crippen molar-refractivity contribution in [1.82, 2.24) is 14.5 Å². The van der Waals surface area contributed by atoms with Crippen LogP contribution in [-0.2, 0) is 7.05 Å². The second kappa shape index (κ2) is 8.13. The van der Waals surface area contributed by atoms with E-state index in [1.165, 1.54) is 22.0 Å². The number of aryl methyl sites for hydroxylation is 1. The molecule has 5 rings (SSSR count). The van der Waals surface area contributed by atoms with E-state index in [-0.39, 0.29) is 21.6 Å². The quantitative estimate of drug-likeness (QED) is 0.366. The van der Waals surface area contributed by atoms with Crippen molar-refractivity contribution in [3.05, 3.63) is 96.8 Å². The SMILES string of the molecule is Cc1ncc(-c2cccc([As]c3nccc4c(-c5ccc(F)cc5)cccc34)c2)n1C. The minimum absolute atomic E-state index is 0.222. The molecule has 1 radical (unpaired) electrons. The molecule has 0 bridgehead atoms. The van der Waals surface area contributed by atoms with Crippen LogP contribution in [0, 0.1) is 12.7 Å². The zero-order chi connectivity index (χ0) is 21.4. The molecule has 5 aromatic rings. The van der Waals surface area contributed by atoms with Gasteiger partial charge in [0.25, 0.3) is 0 Å². The fourth-order valence-electron chi connectivity index (χ4n) is 3.79. The Balaban J connectivity index is 1.55. The molecule has 151 valence electrons. The molecular weight excluding hydrogens is 448 g/mol. The first-order valence-corrected chi connectivity index (χ1v) is 11.9. The van der Waals surface area contributed by atoms with Gasteiger partial charge in [-0.2, -0.15) is 0 Å². The van der Waals surface area contributed by atoms with Gasteiger partial charge in [0, 0.05) is 0 Å². The molecule has 3 aromatic carbocycles. The van der Waals surface area contributed by atoms with Gasteiger partial charge in [-0.1, -0.05) is 0 Å². The molecular formula is C26H20AsFN3. The number of fused-ring (bicyclic) bond motifs is 1. The van der Waals surface area contributed by atoms with Crippen LogP contribution in [0.4, 0.5) is 4.39 Å². The molecule has 0 unspecified atom stereocenters. The van der Waals surface area contributed by atoms with Crippen LogP contribution in [0.5, 0.6) is 0 Å². The van der Waals surface area contributed by atoms with Crippen molar-refractivity contribution >= 4 is 35.4 Å². The summed E-state index contributed by atoms with van der Waals surface area (Å²) in [4.78, 5) is 9.17. The molecule has 31 heavy (non-hydrogen) atoms. The van der Waals surface area contributed by atoms with Gasteiger partial charge in [-0.05, 0) is 0 Å². The number of hydrogen-bond donors (Lipinski definition) is 0. The van der Waals surface area contributed by atoms with Crippen molar-refractivity contribution in [1.29, 1.82) is 0 Å². The normalized spacial score (nSPS) is 11.6. The van der Waals surface area contributed by atoms with Crippen LogP contribution in [-0.4, -0.2) is 30.3 Å². The van der Waals surface area contributed by atoms with E-state index < -0.39 is 0 Å². The molecule has 0 aliphatic heterocycles. The summed E-state index contributed by atoms with van der Waals surface area (Å²) in [6.45, 7) is 2.01. The third-order valence-electron chi connectivity index (χ3n) is 5.54. The fraction of sp³-hybridized carbons (Fsp3) is 0.0769. The summed E-state index contributed by atoms with van der Waals surface area (Å²) < 4.78 is 17.9. The van der Waals surface area contributed by atoms with Crippen molar-refractivity contribution < 1.29 is 4.39 Å². The Labute approximate surface area is 187 Å². The summed E-state index contributed by atoms with van der Waals surface area (Å²) in [7, 11) is 2.04. The van der Waals surface area contributed by atoms with E-state index in [4.69, 9.17) is 4.98 Å².